The van der Waals surface area contributed by atoms with Crippen molar-refractivity contribution in [1.29, 1.82) is 0 Å². The van der Waals surface area contributed by atoms with Gasteiger partial charge in [0.1, 0.15) is 0 Å². The molecular formula is C22H29NO3S. The van der Waals surface area contributed by atoms with Crippen LogP contribution in [0.2, 0.25) is 0 Å². The highest BCUT2D eigenvalue weighted by Gasteiger charge is 2.18. The molecule has 146 valence electrons. The normalized spacial score (nSPS) is 12.6. The van der Waals surface area contributed by atoms with E-state index in [4.69, 9.17) is 0 Å². The summed E-state index contributed by atoms with van der Waals surface area (Å²) in [4.78, 5) is 14.6. The van der Waals surface area contributed by atoms with Gasteiger partial charge in [-0.2, -0.15) is 0 Å². The van der Waals surface area contributed by atoms with Crippen molar-refractivity contribution in [2.24, 2.45) is 0 Å². The predicted molar refractivity (Wildman–Crippen MR) is 109 cm³/mol. The Kier molecular flexibility index (Phi) is 7.19. The van der Waals surface area contributed by atoms with Crippen LogP contribution in [-0.2, 0) is 27.5 Å². The standard InChI is InChI=1S/C22H29NO3S/c1-5-6-7-18-8-10-19(11-9-18)16-22(24)23(3)17(2)20-12-14-21(15-13-20)27(4,25)26/h8-15,17H,5-7,16H2,1-4H3. The van der Waals surface area contributed by atoms with Gasteiger partial charge < -0.3 is 4.90 Å². The second-order valence-electron chi connectivity index (χ2n) is 7.12. The number of carbonyl (C=O) groups excluding carboxylic acids is 1. The number of unbranched alkanes of at least 4 members (excludes halogenated alkanes) is 1. The quantitative estimate of drug-likeness (QED) is 0.682. The Morgan fingerprint density at radius 2 is 1.56 bits per heavy atom. The van der Waals surface area contributed by atoms with E-state index in [-0.39, 0.29) is 16.8 Å². The molecule has 0 fully saturated rings. The Morgan fingerprint density at radius 1 is 1.00 bits per heavy atom. The molecule has 0 saturated heterocycles. The lowest BCUT2D eigenvalue weighted by Gasteiger charge is -2.25. The summed E-state index contributed by atoms with van der Waals surface area (Å²) in [5.41, 5.74) is 3.22. The monoisotopic (exact) mass is 387 g/mol. The second-order valence-corrected chi connectivity index (χ2v) is 9.13. The van der Waals surface area contributed by atoms with Crippen LogP contribution < -0.4 is 0 Å². The first-order valence-electron chi connectivity index (χ1n) is 9.36. The molecule has 0 spiro atoms. The first kappa shape index (κ1) is 21.2. The van der Waals surface area contributed by atoms with Crippen LogP contribution in [0.5, 0.6) is 0 Å². The minimum atomic E-state index is -3.21. The van der Waals surface area contributed by atoms with Crippen molar-refractivity contribution in [3.63, 3.8) is 0 Å². The van der Waals surface area contributed by atoms with Gasteiger partial charge >= 0.3 is 0 Å². The van der Waals surface area contributed by atoms with Crippen molar-refractivity contribution in [2.45, 2.75) is 50.5 Å². The van der Waals surface area contributed by atoms with Crippen LogP contribution in [0.4, 0.5) is 0 Å². The number of carbonyl (C=O) groups is 1. The first-order chi connectivity index (χ1) is 12.7. The predicted octanol–water partition coefficient (Wildman–Crippen LogP) is 4.19. The van der Waals surface area contributed by atoms with Gasteiger partial charge in [0.15, 0.2) is 9.84 Å². The van der Waals surface area contributed by atoms with Crippen molar-refractivity contribution in [1.82, 2.24) is 4.90 Å². The van der Waals surface area contributed by atoms with Gasteiger partial charge in [-0.25, -0.2) is 8.42 Å². The topological polar surface area (TPSA) is 54.5 Å². The lowest BCUT2D eigenvalue weighted by molar-refractivity contribution is -0.131. The molecule has 0 aliphatic rings. The van der Waals surface area contributed by atoms with Crippen LogP contribution in [0.3, 0.4) is 0 Å². The number of rotatable bonds is 8. The maximum atomic E-state index is 12.6. The fourth-order valence-corrected chi connectivity index (χ4v) is 3.57. The molecule has 0 heterocycles. The van der Waals surface area contributed by atoms with Crippen molar-refractivity contribution < 1.29 is 13.2 Å². The van der Waals surface area contributed by atoms with E-state index < -0.39 is 9.84 Å². The molecule has 0 aliphatic heterocycles. The molecule has 5 heteroatoms. The average molecular weight is 388 g/mol. The molecule has 2 aromatic carbocycles. The van der Waals surface area contributed by atoms with Crippen LogP contribution >= 0.6 is 0 Å². The number of amides is 1. The highest BCUT2D eigenvalue weighted by molar-refractivity contribution is 7.90. The number of aryl methyl sites for hydroxylation is 1. The molecular weight excluding hydrogens is 358 g/mol. The van der Waals surface area contributed by atoms with E-state index in [9.17, 15) is 13.2 Å². The third kappa shape index (κ3) is 5.93. The van der Waals surface area contributed by atoms with Crippen molar-refractivity contribution in [3.8, 4) is 0 Å². The third-order valence-corrected chi connectivity index (χ3v) is 6.09. The molecule has 0 radical (unpaired) electrons. The maximum Gasteiger partial charge on any atom is 0.227 e. The maximum absolute atomic E-state index is 12.6. The Hall–Kier alpha value is -2.14. The van der Waals surface area contributed by atoms with E-state index in [1.807, 2.05) is 19.1 Å². The molecule has 27 heavy (non-hydrogen) atoms. The van der Waals surface area contributed by atoms with E-state index in [1.54, 1.807) is 36.2 Å². The molecule has 0 bridgehead atoms. The number of hydrogen-bond donors (Lipinski definition) is 0. The molecule has 0 N–H and O–H groups in total. The zero-order chi connectivity index (χ0) is 20.0. The van der Waals surface area contributed by atoms with Gasteiger partial charge in [-0.1, -0.05) is 49.7 Å². The van der Waals surface area contributed by atoms with E-state index in [2.05, 4.69) is 19.1 Å². The fourth-order valence-electron chi connectivity index (χ4n) is 2.94. The molecule has 2 rings (SSSR count). The molecule has 0 aliphatic carbocycles. The number of sulfone groups is 1. The first-order valence-corrected chi connectivity index (χ1v) is 11.2. The smallest absolute Gasteiger partial charge is 0.227 e. The van der Waals surface area contributed by atoms with Crippen LogP contribution in [-0.4, -0.2) is 32.5 Å². The Balaban J connectivity index is 2.01. The van der Waals surface area contributed by atoms with E-state index in [0.29, 0.717) is 6.42 Å². The van der Waals surface area contributed by atoms with Crippen molar-refractivity contribution in [3.05, 3.63) is 65.2 Å². The summed E-state index contributed by atoms with van der Waals surface area (Å²) in [7, 11) is -1.43. The second kappa shape index (κ2) is 9.18. The lowest BCUT2D eigenvalue weighted by Crippen LogP contribution is -2.31. The Labute approximate surface area is 163 Å². The molecule has 4 nitrogen and oxygen atoms in total. The molecule has 1 unspecified atom stereocenters. The Bertz CT molecular complexity index is 855. The van der Waals surface area contributed by atoms with Gasteiger partial charge in [-0.15, -0.1) is 0 Å². The molecule has 1 atom stereocenters. The summed E-state index contributed by atoms with van der Waals surface area (Å²) in [5.74, 6) is 0.0380. The largest absolute Gasteiger partial charge is 0.339 e. The third-order valence-electron chi connectivity index (χ3n) is 4.96. The number of benzene rings is 2. The lowest BCUT2D eigenvalue weighted by atomic mass is 10.0. The number of nitrogens with zero attached hydrogens (tertiary/aromatic N) is 1. The molecule has 2 aromatic rings. The molecule has 0 saturated carbocycles. The minimum Gasteiger partial charge on any atom is -0.339 e. The highest BCUT2D eigenvalue weighted by atomic mass is 32.2. The minimum absolute atomic E-state index is 0.0380. The van der Waals surface area contributed by atoms with E-state index in [0.717, 1.165) is 17.5 Å². The fraction of sp³-hybridized carbons (Fsp3) is 0.409. The van der Waals surface area contributed by atoms with Crippen LogP contribution in [0.15, 0.2) is 53.4 Å². The van der Waals surface area contributed by atoms with Gasteiger partial charge in [-0.3, -0.25) is 4.79 Å². The zero-order valence-electron chi connectivity index (χ0n) is 16.6. The number of likely N-dealkylation sites (N-methyl/N-ethyl adjacent to an activating group) is 1. The van der Waals surface area contributed by atoms with Gasteiger partial charge in [-0.05, 0) is 48.6 Å². The summed E-state index contributed by atoms with van der Waals surface area (Å²) < 4.78 is 23.2. The highest BCUT2D eigenvalue weighted by Crippen LogP contribution is 2.21. The van der Waals surface area contributed by atoms with Gasteiger partial charge in [0.2, 0.25) is 5.91 Å². The van der Waals surface area contributed by atoms with Gasteiger partial charge in [0.25, 0.3) is 0 Å². The molecule has 1 amide bonds. The van der Waals surface area contributed by atoms with E-state index in [1.165, 1.54) is 24.7 Å². The van der Waals surface area contributed by atoms with Crippen molar-refractivity contribution >= 4 is 15.7 Å². The van der Waals surface area contributed by atoms with Crippen molar-refractivity contribution in [2.75, 3.05) is 13.3 Å². The summed E-state index contributed by atoms with van der Waals surface area (Å²) in [5, 5.41) is 0. The van der Waals surface area contributed by atoms with Gasteiger partial charge in [0.05, 0.1) is 17.4 Å². The summed E-state index contributed by atoms with van der Waals surface area (Å²) >= 11 is 0. The van der Waals surface area contributed by atoms with Crippen LogP contribution in [0.1, 0.15) is 49.4 Å². The number of hydrogen-bond acceptors (Lipinski definition) is 3. The SMILES string of the molecule is CCCCc1ccc(CC(=O)N(C)C(C)c2ccc(S(C)(=O)=O)cc2)cc1. The summed E-state index contributed by atoms with van der Waals surface area (Å²) in [6.45, 7) is 4.12. The van der Waals surface area contributed by atoms with Gasteiger partial charge in [0, 0.05) is 13.3 Å². The Morgan fingerprint density at radius 3 is 2.07 bits per heavy atom. The van der Waals surface area contributed by atoms with Crippen LogP contribution in [0, 0.1) is 0 Å². The zero-order valence-corrected chi connectivity index (χ0v) is 17.4. The average Bonchev–Trinajstić information content (AvgIpc) is 2.65. The molecule has 0 aromatic heterocycles. The summed E-state index contributed by atoms with van der Waals surface area (Å²) in [6, 6.07) is 14.9. The van der Waals surface area contributed by atoms with E-state index >= 15 is 0 Å². The van der Waals surface area contributed by atoms with Crippen LogP contribution in [0.25, 0.3) is 0 Å². The summed E-state index contributed by atoms with van der Waals surface area (Å²) in [6.07, 6.45) is 4.97.